The van der Waals surface area contributed by atoms with Crippen LogP contribution in [0, 0.1) is 0 Å². The molecule has 0 aromatic rings. The van der Waals surface area contributed by atoms with Crippen LogP contribution in [0.1, 0.15) is 19.3 Å². The molecular formula is C8H18O2Si. The highest BCUT2D eigenvalue weighted by molar-refractivity contribution is 6.51. The Morgan fingerprint density at radius 2 is 2.36 bits per heavy atom. The van der Waals surface area contributed by atoms with Crippen LogP contribution in [0.4, 0.5) is 0 Å². The summed E-state index contributed by atoms with van der Waals surface area (Å²) >= 11 is 0. The molecule has 3 heteroatoms. The van der Waals surface area contributed by atoms with Gasteiger partial charge in [-0.3, -0.25) is 0 Å². The van der Waals surface area contributed by atoms with E-state index in [0.29, 0.717) is 0 Å². The smallest absolute Gasteiger partial charge is 0.177 e. The van der Waals surface area contributed by atoms with Gasteiger partial charge in [0.05, 0.1) is 0 Å². The van der Waals surface area contributed by atoms with Gasteiger partial charge in [0.15, 0.2) is 9.04 Å². The van der Waals surface area contributed by atoms with Crippen LogP contribution < -0.4 is 0 Å². The predicted octanol–water partition coefficient (Wildman–Crippen LogP) is 1.56. The van der Waals surface area contributed by atoms with Gasteiger partial charge in [-0.25, -0.2) is 0 Å². The van der Waals surface area contributed by atoms with Crippen LogP contribution >= 0.6 is 0 Å². The first-order valence-corrected chi connectivity index (χ1v) is 6.64. The van der Waals surface area contributed by atoms with Gasteiger partial charge in [-0.15, -0.1) is 0 Å². The fourth-order valence-electron chi connectivity index (χ4n) is 1.49. The molecule has 1 fully saturated rings. The van der Waals surface area contributed by atoms with Crippen molar-refractivity contribution < 1.29 is 9.16 Å². The molecule has 2 nitrogen and oxygen atoms in total. The fourth-order valence-corrected chi connectivity index (χ4v) is 3.98. The second-order valence-corrected chi connectivity index (χ2v) is 5.86. The average molecular weight is 174 g/mol. The highest BCUT2D eigenvalue weighted by Crippen LogP contribution is 2.15. The van der Waals surface area contributed by atoms with Crippen LogP contribution in [0.5, 0.6) is 0 Å². The van der Waals surface area contributed by atoms with Crippen LogP contribution in [0.3, 0.4) is 0 Å². The lowest BCUT2D eigenvalue weighted by Crippen LogP contribution is -2.23. The zero-order valence-electron chi connectivity index (χ0n) is 7.34. The Morgan fingerprint density at radius 1 is 1.45 bits per heavy atom. The molecule has 11 heavy (non-hydrogen) atoms. The van der Waals surface area contributed by atoms with Gasteiger partial charge >= 0.3 is 0 Å². The molecule has 1 rings (SSSR count). The molecule has 1 aliphatic rings. The third-order valence-electron chi connectivity index (χ3n) is 2.15. The standard InChI is InChI=1S/C8H18O2Si/c1-9-5-4-8-11-7-3-2-6-10-11/h11H,2-8H2,1H3. The first-order valence-electron chi connectivity index (χ1n) is 4.54. The molecule has 1 aliphatic heterocycles. The highest BCUT2D eigenvalue weighted by atomic mass is 28.3. The number of rotatable bonds is 4. The van der Waals surface area contributed by atoms with E-state index in [-0.39, 0.29) is 0 Å². The van der Waals surface area contributed by atoms with E-state index < -0.39 is 9.04 Å². The Kier molecular flexibility index (Phi) is 4.82. The van der Waals surface area contributed by atoms with Gasteiger partial charge in [0, 0.05) is 20.3 Å². The summed E-state index contributed by atoms with van der Waals surface area (Å²) < 4.78 is 10.7. The lowest BCUT2D eigenvalue weighted by atomic mass is 10.4. The van der Waals surface area contributed by atoms with Gasteiger partial charge < -0.3 is 9.16 Å². The summed E-state index contributed by atoms with van der Waals surface area (Å²) in [6.07, 6.45) is 3.89. The van der Waals surface area contributed by atoms with Gasteiger partial charge in [-0.2, -0.15) is 0 Å². The largest absolute Gasteiger partial charge is 0.420 e. The minimum atomic E-state index is -0.738. The minimum Gasteiger partial charge on any atom is -0.420 e. The van der Waals surface area contributed by atoms with Crippen LogP contribution in [0.2, 0.25) is 12.1 Å². The Balaban J connectivity index is 1.96. The van der Waals surface area contributed by atoms with Crippen molar-refractivity contribution in [3.05, 3.63) is 0 Å². The number of hydrogen-bond acceptors (Lipinski definition) is 2. The molecule has 0 spiro atoms. The third-order valence-corrected chi connectivity index (χ3v) is 4.96. The van der Waals surface area contributed by atoms with E-state index in [1.165, 1.54) is 31.4 Å². The summed E-state index contributed by atoms with van der Waals surface area (Å²) in [7, 11) is 1.03. The maximum atomic E-state index is 5.71. The summed E-state index contributed by atoms with van der Waals surface area (Å²) in [5.74, 6) is 0. The van der Waals surface area contributed by atoms with Crippen molar-refractivity contribution in [1.82, 2.24) is 0 Å². The maximum Gasteiger partial charge on any atom is 0.177 e. The van der Waals surface area contributed by atoms with Crippen LogP contribution in [0.15, 0.2) is 0 Å². The lowest BCUT2D eigenvalue weighted by molar-refractivity contribution is 0.196. The van der Waals surface area contributed by atoms with Gasteiger partial charge in [0.1, 0.15) is 0 Å². The second-order valence-electron chi connectivity index (χ2n) is 3.12. The number of hydrogen-bond donors (Lipinski definition) is 0. The first-order chi connectivity index (χ1) is 5.43. The Labute approximate surface area is 70.6 Å². The maximum absolute atomic E-state index is 5.71. The first kappa shape index (κ1) is 9.23. The summed E-state index contributed by atoms with van der Waals surface area (Å²) in [6, 6.07) is 2.71. The Bertz CT molecular complexity index is 92.1. The summed E-state index contributed by atoms with van der Waals surface area (Å²) in [6.45, 7) is 1.94. The summed E-state index contributed by atoms with van der Waals surface area (Å²) in [5, 5.41) is 0. The average Bonchev–Trinajstić information content (AvgIpc) is 2.07. The van der Waals surface area contributed by atoms with Crippen LogP contribution in [-0.2, 0) is 9.16 Å². The molecule has 0 N–H and O–H groups in total. The topological polar surface area (TPSA) is 18.5 Å². The van der Waals surface area contributed by atoms with E-state index in [4.69, 9.17) is 9.16 Å². The van der Waals surface area contributed by atoms with Crippen molar-refractivity contribution in [2.75, 3.05) is 20.3 Å². The molecule has 0 aromatic carbocycles. The van der Waals surface area contributed by atoms with E-state index in [2.05, 4.69) is 0 Å². The van der Waals surface area contributed by atoms with Crippen molar-refractivity contribution in [2.24, 2.45) is 0 Å². The van der Waals surface area contributed by atoms with Crippen molar-refractivity contribution >= 4 is 9.04 Å². The van der Waals surface area contributed by atoms with Gasteiger partial charge in [-0.05, 0) is 24.9 Å². The molecule has 0 aliphatic carbocycles. The molecule has 1 atom stereocenters. The summed E-state index contributed by atoms with van der Waals surface area (Å²) in [5.41, 5.74) is 0. The molecule has 0 amide bonds. The fraction of sp³-hybridized carbons (Fsp3) is 1.00. The molecule has 0 aromatic heterocycles. The van der Waals surface area contributed by atoms with Gasteiger partial charge in [0.2, 0.25) is 0 Å². The predicted molar refractivity (Wildman–Crippen MR) is 48.4 cm³/mol. The van der Waals surface area contributed by atoms with E-state index in [1.54, 1.807) is 7.11 Å². The zero-order valence-corrected chi connectivity index (χ0v) is 8.50. The Morgan fingerprint density at radius 3 is 3.00 bits per heavy atom. The van der Waals surface area contributed by atoms with Crippen LogP contribution in [0.25, 0.3) is 0 Å². The van der Waals surface area contributed by atoms with E-state index in [1.807, 2.05) is 0 Å². The Hall–Kier alpha value is 0.137. The van der Waals surface area contributed by atoms with E-state index in [0.717, 1.165) is 13.2 Å². The molecule has 0 saturated carbocycles. The normalized spacial score (nSPS) is 25.4. The van der Waals surface area contributed by atoms with Gasteiger partial charge in [-0.1, -0.05) is 6.42 Å². The zero-order chi connectivity index (χ0) is 7.94. The monoisotopic (exact) mass is 174 g/mol. The molecule has 1 unspecified atom stereocenters. The minimum absolute atomic E-state index is 0.738. The molecular weight excluding hydrogens is 156 g/mol. The van der Waals surface area contributed by atoms with Crippen molar-refractivity contribution in [1.29, 1.82) is 0 Å². The SMILES string of the molecule is COCCC[SiH]1CCCCO1. The number of methoxy groups -OCH3 is 1. The van der Waals surface area contributed by atoms with Crippen LogP contribution in [-0.4, -0.2) is 29.4 Å². The highest BCUT2D eigenvalue weighted by Gasteiger charge is 2.14. The molecule has 66 valence electrons. The molecule has 1 saturated heterocycles. The number of ether oxygens (including phenoxy) is 1. The van der Waals surface area contributed by atoms with Crippen molar-refractivity contribution in [3.8, 4) is 0 Å². The van der Waals surface area contributed by atoms with Crippen molar-refractivity contribution in [3.63, 3.8) is 0 Å². The third kappa shape index (κ3) is 3.89. The molecule has 0 radical (unpaired) electrons. The van der Waals surface area contributed by atoms with E-state index >= 15 is 0 Å². The summed E-state index contributed by atoms with van der Waals surface area (Å²) in [4.78, 5) is 0. The lowest BCUT2D eigenvalue weighted by Gasteiger charge is -2.20. The molecule has 1 heterocycles. The second kappa shape index (κ2) is 5.74. The quantitative estimate of drug-likeness (QED) is 0.475. The molecule has 0 bridgehead atoms. The van der Waals surface area contributed by atoms with Gasteiger partial charge in [0.25, 0.3) is 0 Å². The van der Waals surface area contributed by atoms with Crippen molar-refractivity contribution in [2.45, 2.75) is 31.4 Å². The van der Waals surface area contributed by atoms with E-state index in [9.17, 15) is 0 Å².